The summed E-state index contributed by atoms with van der Waals surface area (Å²) >= 11 is 6.66. The van der Waals surface area contributed by atoms with Crippen molar-refractivity contribution in [1.82, 2.24) is 9.80 Å². The molecule has 2 rings (SSSR count). The van der Waals surface area contributed by atoms with E-state index in [2.05, 4.69) is 18.7 Å². The van der Waals surface area contributed by atoms with Crippen LogP contribution in [-0.2, 0) is 4.79 Å². The summed E-state index contributed by atoms with van der Waals surface area (Å²) in [5, 5.41) is 9.51. The largest absolute Gasteiger partial charge is 0.508 e. The van der Waals surface area contributed by atoms with Crippen LogP contribution in [0.1, 0.15) is 25.8 Å². The zero-order valence-electron chi connectivity index (χ0n) is 13.5. The van der Waals surface area contributed by atoms with Gasteiger partial charge in [0.2, 0.25) is 0 Å². The van der Waals surface area contributed by atoms with Crippen molar-refractivity contribution in [2.24, 2.45) is 0 Å². The first kappa shape index (κ1) is 18.0. The van der Waals surface area contributed by atoms with Crippen LogP contribution in [0.3, 0.4) is 0 Å². The summed E-state index contributed by atoms with van der Waals surface area (Å²) < 4.78 is 0.612. The molecule has 1 amide bonds. The summed E-state index contributed by atoms with van der Waals surface area (Å²) in [5.41, 5.74) is 0.800. The van der Waals surface area contributed by atoms with Crippen molar-refractivity contribution < 1.29 is 9.90 Å². The maximum Gasteiger partial charge on any atom is 0.266 e. The zero-order chi connectivity index (χ0) is 16.8. The number of phenols is 1. The van der Waals surface area contributed by atoms with Crippen LogP contribution < -0.4 is 0 Å². The van der Waals surface area contributed by atoms with Gasteiger partial charge in [-0.2, -0.15) is 0 Å². The minimum Gasteiger partial charge on any atom is -0.508 e. The van der Waals surface area contributed by atoms with Gasteiger partial charge in [-0.3, -0.25) is 9.69 Å². The standard InChI is InChI=1S/C17H22N2O2S2/c1-3-18(4-2)9-6-10-19-16(21)15(23-17(19)22)12-13-7-5-8-14(20)11-13/h5,7-8,11-12,20H,3-4,6,9-10H2,1-2H3. The molecule has 0 aliphatic carbocycles. The lowest BCUT2D eigenvalue weighted by Crippen LogP contribution is -2.32. The lowest BCUT2D eigenvalue weighted by Gasteiger charge is -2.20. The number of carbonyl (C=O) groups is 1. The predicted octanol–water partition coefficient (Wildman–Crippen LogP) is 3.33. The first-order chi connectivity index (χ1) is 11.0. The Balaban J connectivity index is 1.99. The van der Waals surface area contributed by atoms with Crippen molar-refractivity contribution >= 4 is 40.3 Å². The second kappa shape index (κ2) is 8.47. The molecule has 0 unspecified atom stereocenters. The van der Waals surface area contributed by atoms with Gasteiger partial charge in [0.25, 0.3) is 5.91 Å². The fraction of sp³-hybridized carbons (Fsp3) is 0.412. The van der Waals surface area contributed by atoms with Crippen LogP contribution in [-0.4, -0.2) is 51.3 Å². The van der Waals surface area contributed by atoms with Gasteiger partial charge in [0.15, 0.2) is 0 Å². The van der Waals surface area contributed by atoms with E-state index in [1.54, 1.807) is 29.2 Å². The third-order valence-corrected chi connectivity index (χ3v) is 5.17. The second-order valence-electron chi connectivity index (χ2n) is 5.31. The van der Waals surface area contributed by atoms with Crippen LogP contribution in [0.4, 0.5) is 0 Å². The fourth-order valence-electron chi connectivity index (χ4n) is 2.45. The van der Waals surface area contributed by atoms with Gasteiger partial charge in [-0.25, -0.2) is 0 Å². The van der Waals surface area contributed by atoms with Gasteiger partial charge in [-0.15, -0.1) is 0 Å². The molecule has 6 heteroatoms. The lowest BCUT2D eigenvalue weighted by atomic mass is 10.2. The Kier molecular flexibility index (Phi) is 6.62. The minimum atomic E-state index is -0.0390. The molecule has 1 aliphatic heterocycles. The molecule has 4 nitrogen and oxygen atoms in total. The maximum absolute atomic E-state index is 12.5. The van der Waals surface area contributed by atoms with Crippen molar-refractivity contribution in [1.29, 1.82) is 0 Å². The topological polar surface area (TPSA) is 43.8 Å². The highest BCUT2D eigenvalue weighted by Gasteiger charge is 2.31. The van der Waals surface area contributed by atoms with E-state index in [4.69, 9.17) is 12.2 Å². The number of hydrogen-bond acceptors (Lipinski definition) is 5. The molecule has 0 saturated carbocycles. The molecule has 1 fully saturated rings. The molecule has 0 atom stereocenters. The van der Waals surface area contributed by atoms with E-state index in [0.717, 1.165) is 31.6 Å². The molecule has 1 aromatic rings. The van der Waals surface area contributed by atoms with Crippen LogP contribution in [0.25, 0.3) is 6.08 Å². The Morgan fingerprint density at radius 3 is 2.74 bits per heavy atom. The number of carbonyl (C=O) groups excluding carboxylic acids is 1. The maximum atomic E-state index is 12.5. The Hall–Kier alpha value is -1.37. The number of phenolic OH excluding ortho intramolecular Hbond substituents is 1. The number of nitrogens with zero attached hydrogens (tertiary/aromatic N) is 2. The van der Waals surface area contributed by atoms with Crippen molar-refractivity contribution in [3.8, 4) is 5.75 Å². The van der Waals surface area contributed by atoms with Crippen LogP contribution in [0.2, 0.25) is 0 Å². The second-order valence-corrected chi connectivity index (χ2v) is 6.98. The Morgan fingerprint density at radius 1 is 1.35 bits per heavy atom. The number of thioether (sulfide) groups is 1. The molecule has 1 aliphatic rings. The normalized spacial score (nSPS) is 16.8. The summed E-state index contributed by atoms with van der Waals surface area (Å²) in [6.45, 7) is 7.94. The van der Waals surface area contributed by atoms with E-state index < -0.39 is 0 Å². The molecule has 1 N–H and O–H groups in total. The van der Waals surface area contributed by atoms with E-state index >= 15 is 0 Å². The van der Waals surface area contributed by atoms with Gasteiger partial charge in [0.1, 0.15) is 10.1 Å². The molecular formula is C17H22N2O2S2. The molecule has 1 heterocycles. The highest BCUT2D eigenvalue weighted by Crippen LogP contribution is 2.32. The Labute approximate surface area is 147 Å². The highest BCUT2D eigenvalue weighted by molar-refractivity contribution is 8.26. The average molecular weight is 351 g/mol. The van der Waals surface area contributed by atoms with Crippen molar-refractivity contribution in [2.75, 3.05) is 26.2 Å². The number of thiocarbonyl (C=S) groups is 1. The number of rotatable bonds is 7. The number of aromatic hydroxyl groups is 1. The monoisotopic (exact) mass is 350 g/mol. The summed E-state index contributed by atoms with van der Waals surface area (Å²) in [7, 11) is 0. The average Bonchev–Trinajstić information content (AvgIpc) is 2.79. The van der Waals surface area contributed by atoms with Gasteiger partial charge >= 0.3 is 0 Å². The number of benzene rings is 1. The quantitative estimate of drug-likeness (QED) is 0.604. The molecule has 124 valence electrons. The minimum absolute atomic E-state index is 0.0390. The summed E-state index contributed by atoms with van der Waals surface area (Å²) in [5.74, 6) is 0.149. The third kappa shape index (κ3) is 4.80. The van der Waals surface area contributed by atoms with Crippen LogP contribution in [0.5, 0.6) is 5.75 Å². The Bertz CT molecular complexity index is 612. The highest BCUT2D eigenvalue weighted by atomic mass is 32.2. The van der Waals surface area contributed by atoms with Crippen molar-refractivity contribution in [3.63, 3.8) is 0 Å². The SMILES string of the molecule is CCN(CC)CCCN1C(=O)C(=Cc2cccc(O)c2)SC1=S. The molecule has 0 spiro atoms. The van der Waals surface area contributed by atoms with E-state index in [1.807, 2.05) is 6.07 Å². The van der Waals surface area contributed by atoms with Gasteiger partial charge < -0.3 is 10.0 Å². The van der Waals surface area contributed by atoms with Crippen molar-refractivity contribution in [2.45, 2.75) is 20.3 Å². The van der Waals surface area contributed by atoms with Gasteiger partial charge in [0.05, 0.1) is 4.91 Å². The third-order valence-electron chi connectivity index (χ3n) is 3.79. The van der Waals surface area contributed by atoms with E-state index in [1.165, 1.54) is 11.8 Å². The molecule has 0 radical (unpaired) electrons. The smallest absolute Gasteiger partial charge is 0.266 e. The molecule has 1 saturated heterocycles. The van der Waals surface area contributed by atoms with Crippen molar-refractivity contribution in [3.05, 3.63) is 34.7 Å². The summed E-state index contributed by atoms with van der Waals surface area (Å²) in [4.78, 5) is 17.1. The first-order valence-corrected chi connectivity index (χ1v) is 9.04. The van der Waals surface area contributed by atoms with E-state index in [0.29, 0.717) is 15.8 Å². The molecule has 1 aromatic carbocycles. The first-order valence-electron chi connectivity index (χ1n) is 7.82. The number of hydrogen-bond donors (Lipinski definition) is 1. The van der Waals surface area contributed by atoms with Gasteiger partial charge in [-0.1, -0.05) is 50.0 Å². The van der Waals surface area contributed by atoms with E-state index in [9.17, 15) is 9.90 Å². The Morgan fingerprint density at radius 2 is 2.09 bits per heavy atom. The van der Waals surface area contributed by atoms with Crippen LogP contribution in [0.15, 0.2) is 29.2 Å². The van der Waals surface area contributed by atoms with Crippen LogP contribution in [0, 0.1) is 0 Å². The molecule has 23 heavy (non-hydrogen) atoms. The summed E-state index contributed by atoms with van der Waals surface area (Å²) in [6, 6.07) is 6.85. The summed E-state index contributed by atoms with van der Waals surface area (Å²) in [6.07, 6.45) is 2.69. The fourth-order valence-corrected chi connectivity index (χ4v) is 3.76. The predicted molar refractivity (Wildman–Crippen MR) is 100 cm³/mol. The zero-order valence-corrected chi connectivity index (χ0v) is 15.1. The number of amides is 1. The van der Waals surface area contributed by atoms with E-state index in [-0.39, 0.29) is 11.7 Å². The van der Waals surface area contributed by atoms with Crippen LogP contribution >= 0.6 is 24.0 Å². The molecule has 0 bridgehead atoms. The van der Waals surface area contributed by atoms with Gasteiger partial charge in [0, 0.05) is 6.54 Å². The lowest BCUT2D eigenvalue weighted by molar-refractivity contribution is -0.122. The molecule has 0 aromatic heterocycles. The molecular weight excluding hydrogens is 328 g/mol. The van der Waals surface area contributed by atoms with Gasteiger partial charge in [-0.05, 0) is 49.8 Å².